The highest BCUT2D eigenvalue weighted by Crippen LogP contribution is 2.40. The van der Waals surface area contributed by atoms with Crippen molar-refractivity contribution in [1.29, 1.82) is 0 Å². The van der Waals surface area contributed by atoms with Crippen molar-refractivity contribution in [1.82, 2.24) is 8.96 Å². The molecule has 0 aliphatic carbocycles. The van der Waals surface area contributed by atoms with Gasteiger partial charge in [-0.05, 0) is 18.2 Å². The number of carbonyl (C=O) groups is 1. The molecule has 1 aliphatic rings. The maximum atomic E-state index is 15.1. The van der Waals surface area contributed by atoms with Crippen LogP contribution in [0.4, 0.5) is 20.6 Å². The van der Waals surface area contributed by atoms with Crippen molar-refractivity contribution in [3.05, 3.63) is 72.3 Å². The van der Waals surface area contributed by atoms with E-state index in [9.17, 15) is 13.2 Å². The lowest BCUT2D eigenvalue weighted by Gasteiger charge is -2.35. The SMILES string of the molecule is COc1cc(OC)c(F)c(N2Cc3cnc4c(ccn4S(=O)(=O)c4ccccc4)c3N(C)C2=O)c1. The van der Waals surface area contributed by atoms with Gasteiger partial charge < -0.3 is 9.47 Å². The summed E-state index contributed by atoms with van der Waals surface area (Å²) in [7, 11) is 0.420. The molecule has 0 radical (unpaired) electrons. The predicted molar refractivity (Wildman–Crippen MR) is 128 cm³/mol. The van der Waals surface area contributed by atoms with Crippen LogP contribution in [-0.4, -0.2) is 44.7 Å². The van der Waals surface area contributed by atoms with Gasteiger partial charge in [0.05, 0.1) is 37.0 Å². The minimum absolute atomic E-state index is 0.00646. The van der Waals surface area contributed by atoms with Gasteiger partial charge in [0, 0.05) is 42.5 Å². The minimum Gasteiger partial charge on any atom is -0.497 e. The Kier molecular flexibility index (Phi) is 5.36. The van der Waals surface area contributed by atoms with E-state index in [4.69, 9.17) is 9.47 Å². The van der Waals surface area contributed by atoms with E-state index in [1.807, 2.05) is 0 Å². The average Bonchev–Trinajstić information content (AvgIpc) is 3.32. The van der Waals surface area contributed by atoms with Gasteiger partial charge in [-0.25, -0.2) is 26.6 Å². The summed E-state index contributed by atoms with van der Waals surface area (Å²) >= 11 is 0. The normalized spacial score (nSPS) is 13.8. The Labute approximate surface area is 201 Å². The highest BCUT2D eigenvalue weighted by Gasteiger charge is 2.34. The fourth-order valence-corrected chi connectivity index (χ4v) is 5.55. The number of aromatic nitrogens is 2. The topological polar surface area (TPSA) is 94.0 Å². The van der Waals surface area contributed by atoms with Gasteiger partial charge in [-0.2, -0.15) is 0 Å². The summed E-state index contributed by atoms with van der Waals surface area (Å²) in [5, 5.41) is 0.487. The van der Waals surface area contributed by atoms with E-state index in [0.29, 0.717) is 22.4 Å². The monoisotopic (exact) mass is 496 g/mol. The number of halogens is 1. The fraction of sp³-hybridized carbons (Fsp3) is 0.167. The number of pyridine rings is 1. The first-order valence-electron chi connectivity index (χ1n) is 10.5. The zero-order valence-corrected chi connectivity index (χ0v) is 19.9. The first kappa shape index (κ1) is 22.7. The molecule has 0 N–H and O–H groups in total. The maximum absolute atomic E-state index is 15.1. The Morgan fingerprint density at radius 2 is 1.80 bits per heavy atom. The van der Waals surface area contributed by atoms with Crippen molar-refractivity contribution in [3.8, 4) is 11.5 Å². The zero-order valence-electron chi connectivity index (χ0n) is 19.1. The van der Waals surface area contributed by atoms with Crippen LogP contribution in [0.15, 0.2) is 65.8 Å². The first-order chi connectivity index (χ1) is 16.8. The molecule has 3 heterocycles. The lowest BCUT2D eigenvalue weighted by atomic mass is 10.1. The number of anilines is 2. The third-order valence-corrected chi connectivity index (χ3v) is 7.63. The van der Waals surface area contributed by atoms with Gasteiger partial charge >= 0.3 is 6.03 Å². The van der Waals surface area contributed by atoms with Crippen LogP contribution in [-0.2, 0) is 16.6 Å². The van der Waals surface area contributed by atoms with Crippen LogP contribution >= 0.6 is 0 Å². The highest BCUT2D eigenvalue weighted by atomic mass is 32.2. The van der Waals surface area contributed by atoms with E-state index >= 15 is 4.39 Å². The van der Waals surface area contributed by atoms with E-state index in [0.717, 1.165) is 3.97 Å². The Morgan fingerprint density at radius 3 is 2.49 bits per heavy atom. The zero-order chi connectivity index (χ0) is 24.9. The minimum atomic E-state index is -3.89. The van der Waals surface area contributed by atoms with Crippen LogP contribution in [0.1, 0.15) is 5.56 Å². The average molecular weight is 497 g/mol. The van der Waals surface area contributed by atoms with Crippen LogP contribution < -0.4 is 19.3 Å². The van der Waals surface area contributed by atoms with Gasteiger partial charge in [-0.15, -0.1) is 0 Å². The summed E-state index contributed by atoms with van der Waals surface area (Å²) in [5.41, 5.74) is 1.31. The second-order valence-corrected chi connectivity index (χ2v) is 9.70. The number of urea groups is 1. The molecule has 0 saturated heterocycles. The quantitative estimate of drug-likeness (QED) is 0.415. The first-order valence-corrected chi connectivity index (χ1v) is 12.0. The van der Waals surface area contributed by atoms with Crippen molar-refractivity contribution in [2.45, 2.75) is 11.4 Å². The molecule has 11 heteroatoms. The molecule has 2 aromatic carbocycles. The number of rotatable bonds is 5. The lowest BCUT2D eigenvalue weighted by Crippen LogP contribution is -2.45. The van der Waals surface area contributed by atoms with E-state index in [-0.39, 0.29) is 28.5 Å². The molecule has 180 valence electrons. The largest absolute Gasteiger partial charge is 0.497 e. The molecule has 0 atom stereocenters. The Morgan fingerprint density at radius 1 is 1.06 bits per heavy atom. The number of hydrogen-bond donors (Lipinski definition) is 0. The van der Waals surface area contributed by atoms with Gasteiger partial charge in [0.2, 0.25) is 0 Å². The van der Waals surface area contributed by atoms with Crippen LogP contribution in [0.3, 0.4) is 0 Å². The van der Waals surface area contributed by atoms with Crippen molar-refractivity contribution in [2.75, 3.05) is 31.1 Å². The Bertz CT molecular complexity index is 1570. The number of methoxy groups -OCH3 is 2. The van der Waals surface area contributed by atoms with Crippen LogP contribution in [0.5, 0.6) is 11.5 Å². The molecule has 0 unspecified atom stereocenters. The number of fused-ring (bicyclic) bond motifs is 3. The molecule has 0 fully saturated rings. The summed E-state index contributed by atoms with van der Waals surface area (Å²) < 4.78 is 52.9. The number of benzene rings is 2. The smallest absolute Gasteiger partial charge is 0.329 e. The summed E-state index contributed by atoms with van der Waals surface area (Å²) in [6.07, 6.45) is 2.91. The van der Waals surface area contributed by atoms with E-state index in [1.165, 1.54) is 60.7 Å². The van der Waals surface area contributed by atoms with Gasteiger partial charge in [0.15, 0.2) is 17.2 Å². The second kappa shape index (κ2) is 8.27. The predicted octanol–water partition coefficient (Wildman–Crippen LogP) is 4.01. The second-order valence-electron chi connectivity index (χ2n) is 7.89. The summed E-state index contributed by atoms with van der Waals surface area (Å²) in [6.45, 7) is 0.0192. The van der Waals surface area contributed by atoms with Crippen LogP contribution in [0, 0.1) is 5.82 Å². The van der Waals surface area contributed by atoms with Crippen molar-refractivity contribution < 1.29 is 27.1 Å². The van der Waals surface area contributed by atoms with E-state index in [2.05, 4.69) is 4.98 Å². The Hall–Kier alpha value is -4.12. The highest BCUT2D eigenvalue weighted by molar-refractivity contribution is 7.90. The number of hydrogen-bond acceptors (Lipinski definition) is 6. The molecule has 35 heavy (non-hydrogen) atoms. The standard InChI is InChI=1S/C24H21FN4O5S/c1-27-22-15(14-28(24(27)30)19-11-16(33-2)12-20(34-3)21(19)25)13-26-23-18(22)9-10-29(23)35(31,32)17-7-5-4-6-8-17/h4-13H,14H2,1-3H3. The molecule has 5 rings (SSSR count). The molecule has 0 bridgehead atoms. The van der Waals surface area contributed by atoms with Crippen molar-refractivity contribution in [2.24, 2.45) is 0 Å². The number of amides is 2. The number of ether oxygens (including phenoxy) is 2. The maximum Gasteiger partial charge on any atom is 0.329 e. The van der Waals surface area contributed by atoms with Crippen molar-refractivity contribution in [3.63, 3.8) is 0 Å². The number of carbonyl (C=O) groups excluding carboxylic acids is 1. The molecule has 2 amide bonds. The van der Waals surface area contributed by atoms with E-state index < -0.39 is 21.9 Å². The van der Waals surface area contributed by atoms with Gasteiger partial charge in [0.1, 0.15) is 5.75 Å². The summed E-state index contributed by atoms with van der Waals surface area (Å²) in [5.74, 6) is -0.429. The molecule has 4 aromatic rings. The lowest BCUT2D eigenvalue weighted by molar-refractivity contribution is 0.251. The molecular weight excluding hydrogens is 475 g/mol. The van der Waals surface area contributed by atoms with Gasteiger partial charge in [-0.3, -0.25) is 9.80 Å². The molecule has 2 aromatic heterocycles. The molecule has 0 saturated carbocycles. The Balaban J connectivity index is 1.62. The van der Waals surface area contributed by atoms with Gasteiger partial charge in [-0.1, -0.05) is 18.2 Å². The molecule has 1 aliphatic heterocycles. The summed E-state index contributed by atoms with van der Waals surface area (Å²) in [4.78, 5) is 20.5. The van der Waals surface area contributed by atoms with Gasteiger partial charge in [0.25, 0.3) is 10.0 Å². The third-order valence-electron chi connectivity index (χ3n) is 5.95. The van der Waals surface area contributed by atoms with Crippen LogP contribution in [0.25, 0.3) is 11.0 Å². The third kappa shape index (κ3) is 3.46. The van der Waals surface area contributed by atoms with E-state index in [1.54, 1.807) is 31.3 Å². The van der Waals surface area contributed by atoms with Crippen LogP contribution in [0.2, 0.25) is 0 Å². The number of nitrogens with zero attached hydrogens (tertiary/aromatic N) is 4. The van der Waals surface area contributed by atoms with Crippen molar-refractivity contribution >= 4 is 38.5 Å². The molecule has 9 nitrogen and oxygen atoms in total. The molecular formula is C24H21FN4O5S. The molecule has 0 spiro atoms. The summed E-state index contributed by atoms with van der Waals surface area (Å²) in [6, 6.07) is 11.9. The fourth-order valence-electron chi connectivity index (χ4n) is 4.23.